The third-order valence-corrected chi connectivity index (χ3v) is 8.08. The van der Waals surface area contributed by atoms with Crippen molar-refractivity contribution in [2.45, 2.75) is 37.4 Å². The molecule has 28 heavy (non-hydrogen) atoms. The molecule has 0 aromatic heterocycles. The van der Waals surface area contributed by atoms with Crippen molar-refractivity contribution in [2.75, 3.05) is 22.7 Å². The predicted molar refractivity (Wildman–Crippen MR) is 114 cm³/mol. The molecule has 2 atom stereocenters. The van der Waals surface area contributed by atoms with E-state index in [-0.39, 0.29) is 29.6 Å². The van der Waals surface area contributed by atoms with Crippen LogP contribution in [0.15, 0.2) is 47.4 Å². The number of thioether (sulfide) groups is 1. The van der Waals surface area contributed by atoms with Gasteiger partial charge in [-0.25, -0.2) is 13.2 Å². The van der Waals surface area contributed by atoms with Crippen LogP contribution >= 0.6 is 11.8 Å². The Bertz CT molecular complexity index is 1040. The Balaban J connectivity index is 1.73. The molecular formula is C21H24N2O3S2. The molecule has 0 unspecified atom stereocenters. The topological polar surface area (TPSA) is 57.7 Å². The van der Waals surface area contributed by atoms with Crippen LogP contribution in [0.3, 0.4) is 0 Å². The number of rotatable bonds is 4. The molecule has 4 rings (SSSR count). The van der Waals surface area contributed by atoms with Gasteiger partial charge in [0.15, 0.2) is 9.84 Å². The lowest BCUT2D eigenvalue weighted by Gasteiger charge is -2.23. The van der Waals surface area contributed by atoms with E-state index < -0.39 is 9.84 Å². The van der Waals surface area contributed by atoms with Gasteiger partial charge in [0.2, 0.25) is 0 Å². The van der Waals surface area contributed by atoms with Gasteiger partial charge in [-0.15, -0.1) is 11.8 Å². The summed E-state index contributed by atoms with van der Waals surface area (Å²) in [4.78, 5) is 17.9. The number of nitrogens with zero attached hydrogens (tertiary/aromatic N) is 2. The first-order valence-corrected chi connectivity index (χ1v) is 12.3. The van der Waals surface area contributed by atoms with E-state index in [0.29, 0.717) is 6.54 Å². The molecule has 2 aliphatic rings. The van der Waals surface area contributed by atoms with E-state index in [1.54, 1.807) is 21.6 Å². The number of amides is 2. The molecule has 2 heterocycles. The van der Waals surface area contributed by atoms with Gasteiger partial charge in [-0.1, -0.05) is 29.8 Å². The van der Waals surface area contributed by atoms with Crippen molar-refractivity contribution in [3.05, 3.63) is 59.2 Å². The zero-order valence-electron chi connectivity index (χ0n) is 16.3. The van der Waals surface area contributed by atoms with Crippen LogP contribution in [0.25, 0.3) is 0 Å². The largest absolute Gasteiger partial charge is 0.325 e. The number of fused-ring (bicyclic) bond motifs is 1. The van der Waals surface area contributed by atoms with Crippen LogP contribution in [0, 0.1) is 13.8 Å². The van der Waals surface area contributed by atoms with Gasteiger partial charge >= 0.3 is 6.03 Å². The quantitative estimate of drug-likeness (QED) is 0.564. The Hall–Kier alpha value is -1.99. The van der Waals surface area contributed by atoms with Crippen molar-refractivity contribution in [2.24, 2.45) is 0 Å². The van der Waals surface area contributed by atoms with E-state index >= 15 is 0 Å². The number of carbonyl (C=O) groups is 1. The number of anilines is 1. The molecule has 2 saturated heterocycles. The zero-order chi connectivity index (χ0) is 20.1. The maximum Gasteiger partial charge on any atom is 0.325 e. The van der Waals surface area contributed by atoms with Crippen molar-refractivity contribution < 1.29 is 13.2 Å². The van der Waals surface area contributed by atoms with E-state index in [4.69, 9.17) is 0 Å². The van der Waals surface area contributed by atoms with Crippen LogP contribution in [0.2, 0.25) is 0 Å². The third kappa shape index (κ3) is 3.42. The summed E-state index contributed by atoms with van der Waals surface area (Å²) in [5.41, 5.74) is 4.08. The van der Waals surface area contributed by atoms with E-state index in [2.05, 4.69) is 6.07 Å². The predicted octanol–water partition coefficient (Wildman–Crippen LogP) is 3.63. The minimum Gasteiger partial charge on any atom is -0.314 e. The lowest BCUT2D eigenvalue weighted by atomic mass is 10.0. The Morgan fingerprint density at radius 2 is 1.82 bits per heavy atom. The first-order valence-electron chi connectivity index (χ1n) is 9.29. The Labute approximate surface area is 170 Å². The smallest absolute Gasteiger partial charge is 0.314 e. The minimum atomic E-state index is -3.17. The molecular weight excluding hydrogens is 392 g/mol. The van der Waals surface area contributed by atoms with Gasteiger partial charge in [0, 0.05) is 17.1 Å². The number of benzene rings is 2. The lowest BCUT2D eigenvalue weighted by Crippen LogP contribution is -2.37. The van der Waals surface area contributed by atoms with Gasteiger partial charge in [0.1, 0.15) is 0 Å². The molecule has 2 aromatic rings. The average Bonchev–Trinajstić information content (AvgIpc) is 3.08. The van der Waals surface area contributed by atoms with Gasteiger partial charge in [-0.05, 0) is 49.4 Å². The third-order valence-electron chi connectivity index (χ3n) is 5.65. The standard InChI is InChI=1S/C21H24N2O3S2/c1-14-7-8-15(2)16(9-14)11-22-19-12-28(25,26)13-20(19)23(21(22)24)17-5-4-6-18(10-17)27-3/h4-10,19-20H,11-13H2,1-3H3/t19-,20+/m1/s1. The highest BCUT2D eigenvalue weighted by molar-refractivity contribution is 7.98. The SMILES string of the molecule is CSc1cccc(N2C(=O)N(Cc3cc(C)ccc3C)[C@@H]3CS(=O)(=O)C[C@@H]32)c1. The van der Waals surface area contributed by atoms with E-state index in [1.807, 2.05) is 56.5 Å². The maximum absolute atomic E-state index is 13.4. The fourth-order valence-electron chi connectivity index (χ4n) is 4.18. The summed E-state index contributed by atoms with van der Waals surface area (Å²) in [6.45, 7) is 4.48. The molecule has 0 aliphatic carbocycles. The first-order chi connectivity index (χ1) is 13.3. The van der Waals surface area contributed by atoms with Gasteiger partial charge in [0.25, 0.3) is 0 Å². The first kappa shape index (κ1) is 19.3. The molecule has 0 N–H and O–H groups in total. The Morgan fingerprint density at radius 3 is 2.57 bits per heavy atom. The highest BCUT2D eigenvalue weighted by atomic mass is 32.2. The van der Waals surface area contributed by atoms with E-state index in [0.717, 1.165) is 27.3 Å². The maximum atomic E-state index is 13.4. The number of hydrogen-bond acceptors (Lipinski definition) is 4. The second kappa shape index (κ2) is 7.12. The lowest BCUT2D eigenvalue weighted by molar-refractivity contribution is 0.205. The van der Waals surface area contributed by atoms with E-state index in [1.165, 1.54) is 0 Å². The van der Waals surface area contributed by atoms with Crippen LogP contribution in [0.1, 0.15) is 16.7 Å². The van der Waals surface area contributed by atoms with Gasteiger partial charge < -0.3 is 4.90 Å². The summed E-state index contributed by atoms with van der Waals surface area (Å²) in [6.07, 6.45) is 1.99. The molecule has 0 spiro atoms. The van der Waals surface area contributed by atoms with Crippen LogP contribution < -0.4 is 4.90 Å². The van der Waals surface area contributed by atoms with Crippen molar-refractivity contribution in [3.63, 3.8) is 0 Å². The van der Waals surface area contributed by atoms with E-state index in [9.17, 15) is 13.2 Å². The molecule has 2 aliphatic heterocycles. The fourth-order valence-corrected chi connectivity index (χ4v) is 6.58. The summed E-state index contributed by atoms with van der Waals surface area (Å²) >= 11 is 1.61. The van der Waals surface area contributed by atoms with Crippen molar-refractivity contribution in [1.82, 2.24) is 4.90 Å². The molecule has 0 radical (unpaired) electrons. The second-order valence-corrected chi connectivity index (χ2v) is 10.7. The normalized spacial score (nSPS) is 23.3. The van der Waals surface area contributed by atoms with Gasteiger partial charge in [-0.2, -0.15) is 0 Å². The van der Waals surface area contributed by atoms with Crippen molar-refractivity contribution in [3.8, 4) is 0 Å². The molecule has 2 amide bonds. The molecule has 2 aromatic carbocycles. The molecule has 148 valence electrons. The van der Waals surface area contributed by atoms with Crippen LogP contribution in [-0.2, 0) is 16.4 Å². The van der Waals surface area contributed by atoms with Crippen molar-refractivity contribution in [1.29, 1.82) is 0 Å². The number of hydrogen-bond donors (Lipinski definition) is 0. The van der Waals surface area contributed by atoms with Crippen LogP contribution in [0.4, 0.5) is 10.5 Å². The summed E-state index contributed by atoms with van der Waals surface area (Å²) < 4.78 is 24.8. The summed E-state index contributed by atoms with van der Waals surface area (Å²) in [5.74, 6) is 0.0587. The molecule has 7 heteroatoms. The fraction of sp³-hybridized carbons (Fsp3) is 0.381. The minimum absolute atomic E-state index is 0.0240. The van der Waals surface area contributed by atoms with Crippen molar-refractivity contribution >= 4 is 33.3 Å². The molecule has 0 saturated carbocycles. The molecule has 0 bridgehead atoms. The zero-order valence-corrected chi connectivity index (χ0v) is 17.9. The number of sulfone groups is 1. The van der Waals surface area contributed by atoms with Gasteiger partial charge in [-0.3, -0.25) is 4.90 Å². The number of carbonyl (C=O) groups excluding carboxylic acids is 1. The summed E-state index contributed by atoms with van der Waals surface area (Å²) in [6, 6.07) is 13.2. The Kier molecular flexibility index (Phi) is 4.91. The van der Waals surface area contributed by atoms with Gasteiger partial charge in [0.05, 0.1) is 23.6 Å². The number of urea groups is 1. The number of aryl methyl sites for hydroxylation is 2. The summed E-state index contributed by atoms with van der Waals surface area (Å²) in [5, 5.41) is 0. The molecule has 2 fully saturated rings. The van der Waals surface area contributed by atoms with Crippen LogP contribution in [-0.4, -0.2) is 49.2 Å². The van der Waals surface area contributed by atoms with Crippen LogP contribution in [0.5, 0.6) is 0 Å². The summed E-state index contributed by atoms with van der Waals surface area (Å²) in [7, 11) is -3.17. The highest BCUT2D eigenvalue weighted by Crippen LogP contribution is 2.37. The average molecular weight is 417 g/mol. The monoisotopic (exact) mass is 416 g/mol. The Morgan fingerprint density at radius 1 is 1.07 bits per heavy atom. The second-order valence-electron chi connectivity index (χ2n) is 7.62. The highest BCUT2D eigenvalue weighted by Gasteiger charge is 2.53. The molecule has 5 nitrogen and oxygen atoms in total.